The summed E-state index contributed by atoms with van der Waals surface area (Å²) in [5, 5.41) is 3.33. The molecule has 0 fully saturated rings. The van der Waals surface area contributed by atoms with Crippen molar-refractivity contribution < 1.29 is 18.3 Å². The maximum atomic E-state index is 13.8. The van der Waals surface area contributed by atoms with Crippen LogP contribution in [0.2, 0.25) is 0 Å². The van der Waals surface area contributed by atoms with Crippen LogP contribution in [-0.4, -0.2) is 23.0 Å². The third-order valence-corrected chi connectivity index (χ3v) is 4.46. The van der Waals surface area contributed by atoms with E-state index < -0.39 is 17.6 Å². The van der Waals surface area contributed by atoms with Crippen molar-refractivity contribution in [2.45, 2.75) is 6.92 Å². The van der Waals surface area contributed by atoms with Gasteiger partial charge in [-0.15, -0.1) is 11.3 Å². The third-order valence-electron chi connectivity index (χ3n) is 3.28. The van der Waals surface area contributed by atoms with Gasteiger partial charge < -0.3 is 10.1 Å². The van der Waals surface area contributed by atoms with E-state index in [1.165, 1.54) is 13.4 Å². The number of carbonyl (C=O) groups is 1. The second kappa shape index (κ2) is 5.88. The molecule has 0 spiro atoms. The lowest BCUT2D eigenvalue weighted by Gasteiger charge is -2.08. The zero-order chi connectivity index (χ0) is 16.6. The summed E-state index contributed by atoms with van der Waals surface area (Å²) in [5.74, 6) is -1.37. The van der Waals surface area contributed by atoms with Crippen LogP contribution in [0.4, 0.5) is 20.3 Å². The second-order valence-corrected chi connectivity index (χ2v) is 5.70. The highest BCUT2D eigenvalue weighted by atomic mass is 32.1. The summed E-state index contributed by atoms with van der Waals surface area (Å²) >= 11 is 1.16. The average Bonchev–Trinajstić information content (AvgIpc) is 2.88. The van der Waals surface area contributed by atoms with Crippen LogP contribution >= 0.6 is 11.3 Å². The number of aryl methyl sites for hydroxylation is 1. The van der Waals surface area contributed by atoms with Gasteiger partial charge in [-0.25, -0.2) is 23.5 Å². The first kappa shape index (κ1) is 15.3. The zero-order valence-corrected chi connectivity index (χ0v) is 13.0. The predicted octanol–water partition coefficient (Wildman–Crippen LogP) is 3.81. The van der Waals surface area contributed by atoms with Crippen molar-refractivity contribution in [1.82, 2.24) is 9.97 Å². The van der Waals surface area contributed by atoms with Gasteiger partial charge in [-0.2, -0.15) is 0 Å². The van der Waals surface area contributed by atoms with Crippen molar-refractivity contribution >= 4 is 39.0 Å². The number of hydrogen-bond acceptors (Lipinski definition) is 6. The normalized spacial score (nSPS) is 10.8. The lowest BCUT2D eigenvalue weighted by molar-refractivity contribution is 0.0605. The number of nitrogens with zero attached hydrogens (tertiary/aromatic N) is 2. The molecule has 0 bridgehead atoms. The first-order valence-electron chi connectivity index (χ1n) is 6.55. The van der Waals surface area contributed by atoms with Crippen LogP contribution in [0.3, 0.4) is 0 Å². The Hall–Kier alpha value is -2.61. The van der Waals surface area contributed by atoms with Crippen LogP contribution in [0.15, 0.2) is 24.5 Å². The molecule has 2 heterocycles. The monoisotopic (exact) mass is 335 g/mol. The number of carbonyl (C=O) groups excluding carboxylic acids is 1. The molecule has 0 aliphatic rings. The van der Waals surface area contributed by atoms with Crippen LogP contribution in [0.25, 0.3) is 10.2 Å². The van der Waals surface area contributed by atoms with Crippen LogP contribution in [0.5, 0.6) is 0 Å². The van der Waals surface area contributed by atoms with E-state index in [0.717, 1.165) is 29.5 Å². The van der Waals surface area contributed by atoms with Gasteiger partial charge in [0.2, 0.25) is 0 Å². The molecule has 0 saturated carbocycles. The molecule has 0 amide bonds. The van der Waals surface area contributed by atoms with E-state index in [0.29, 0.717) is 26.5 Å². The SMILES string of the molecule is COC(=O)c1sc2ncnc(Nc3cc(F)ccc3F)c2c1C. The van der Waals surface area contributed by atoms with E-state index in [2.05, 4.69) is 15.3 Å². The van der Waals surface area contributed by atoms with Gasteiger partial charge in [0.25, 0.3) is 0 Å². The van der Waals surface area contributed by atoms with Gasteiger partial charge in [0.1, 0.15) is 33.5 Å². The molecule has 118 valence electrons. The summed E-state index contributed by atoms with van der Waals surface area (Å²) in [5.41, 5.74) is 0.576. The van der Waals surface area contributed by atoms with E-state index in [4.69, 9.17) is 4.74 Å². The van der Waals surface area contributed by atoms with Crippen molar-refractivity contribution in [2.24, 2.45) is 0 Å². The Morgan fingerprint density at radius 3 is 2.83 bits per heavy atom. The van der Waals surface area contributed by atoms with Gasteiger partial charge in [0.15, 0.2) is 0 Å². The zero-order valence-electron chi connectivity index (χ0n) is 12.2. The maximum absolute atomic E-state index is 13.8. The summed E-state index contributed by atoms with van der Waals surface area (Å²) in [6.07, 6.45) is 1.29. The van der Waals surface area contributed by atoms with E-state index in [1.54, 1.807) is 6.92 Å². The van der Waals surface area contributed by atoms with Gasteiger partial charge in [-0.1, -0.05) is 0 Å². The van der Waals surface area contributed by atoms with Gasteiger partial charge in [-0.05, 0) is 24.6 Å². The van der Waals surface area contributed by atoms with Crippen LogP contribution in [-0.2, 0) is 4.74 Å². The first-order chi connectivity index (χ1) is 11.0. The molecule has 0 aliphatic carbocycles. The van der Waals surface area contributed by atoms with Crippen molar-refractivity contribution in [3.63, 3.8) is 0 Å². The number of rotatable bonds is 3. The molecule has 3 aromatic rings. The number of hydrogen-bond donors (Lipinski definition) is 1. The van der Waals surface area contributed by atoms with Crippen molar-refractivity contribution in [1.29, 1.82) is 0 Å². The highest BCUT2D eigenvalue weighted by molar-refractivity contribution is 7.20. The topological polar surface area (TPSA) is 64.1 Å². The number of methoxy groups -OCH3 is 1. The Kier molecular flexibility index (Phi) is 3.91. The Morgan fingerprint density at radius 1 is 1.30 bits per heavy atom. The fraction of sp³-hybridized carbons (Fsp3) is 0.133. The Morgan fingerprint density at radius 2 is 2.09 bits per heavy atom. The van der Waals surface area contributed by atoms with Gasteiger partial charge in [0.05, 0.1) is 18.2 Å². The van der Waals surface area contributed by atoms with E-state index in [-0.39, 0.29) is 5.69 Å². The lowest BCUT2D eigenvalue weighted by Crippen LogP contribution is -2.01. The standard InChI is InChI=1S/C15H11F2N3O2S/c1-7-11-13(20-10-5-8(16)3-4-9(10)17)18-6-19-14(11)23-12(7)15(21)22-2/h3-6H,1-2H3,(H,18,19,20). The number of thiophene rings is 1. The molecule has 23 heavy (non-hydrogen) atoms. The summed E-state index contributed by atoms with van der Waals surface area (Å²) in [6.45, 7) is 1.72. The number of aromatic nitrogens is 2. The van der Waals surface area contributed by atoms with E-state index in [9.17, 15) is 13.6 Å². The number of fused-ring (bicyclic) bond motifs is 1. The van der Waals surface area contributed by atoms with Crippen molar-refractivity contribution in [2.75, 3.05) is 12.4 Å². The lowest BCUT2D eigenvalue weighted by atomic mass is 10.2. The average molecular weight is 335 g/mol. The number of ether oxygens (including phenoxy) is 1. The van der Waals surface area contributed by atoms with E-state index >= 15 is 0 Å². The number of halogens is 2. The number of esters is 1. The minimum atomic E-state index is -0.612. The molecule has 8 heteroatoms. The quantitative estimate of drug-likeness (QED) is 0.738. The second-order valence-electron chi connectivity index (χ2n) is 4.70. The van der Waals surface area contributed by atoms with Crippen molar-refractivity contribution in [3.05, 3.63) is 46.6 Å². The molecule has 5 nitrogen and oxygen atoms in total. The number of benzene rings is 1. The molecule has 0 atom stereocenters. The molecule has 3 rings (SSSR count). The summed E-state index contributed by atoms with van der Waals surface area (Å²) in [4.78, 5) is 20.9. The smallest absolute Gasteiger partial charge is 0.348 e. The Balaban J connectivity index is 2.13. The van der Waals surface area contributed by atoms with E-state index in [1.807, 2.05) is 0 Å². The van der Waals surface area contributed by atoms with Crippen molar-refractivity contribution in [3.8, 4) is 0 Å². The molecule has 1 aromatic carbocycles. The van der Waals surface area contributed by atoms with Crippen LogP contribution < -0.4 is 5.32 Å². The van der Waals surface area contributed by atoms with Crippen LogP contribution in [0, 0.1) is 18.6 Å². The van der Waals surface area contributed by atoms with Crippen LogP contribution in [0.1, 0.15) is 15.2 Å². The first-order valence-corrected chi connectivity index (χ1v) is 7.37. The number of nitrogens with one attached hydrogen (secondary N) is 1. The minimum absolute atomic E-state index is 0.0461. The predicted molar refractivity (Wildman–Crippen MR) is 83.1 cm³/mol. The fourth-order valence-corrected chi connectivity index (χ4v) is 3.24. The van der Waals surface area contributed by atoms with Gasteiger partial charge in [0, 0.05) is 6.07 Å². The molecule has 0 saturated heterocycles. The van der Waals surface area contributed by atoms with Gasteiger partial charge in [-0.3, -0.25) is 0 Å². The molecule has 0 radical (unpaired) electrons. The molecular weight excluding hydrogens is 324 g/mol. The highest BCUT2D eigenvalue weighted by Crippen LogP contribution is 2.35. The fourth-order valence-electron chi connectivity index (χ4n) is 2.17. The molecule has 0 unspecified atom stereocenters. The van der Waals surface area contributed by atoms with Gasteiger partial charge >= 0.3 is 5.97 Å². The summed E-state index contributed by atoms with van der Waals surface area (Å²) in [6, 6.07) is 3.09. The Bertz CT molecular complexity index is 911. The minimum Gasteiger partial charge on any atom is -0.465 e. The highest BCUT2D eigenvalue weighted by Gasteiger charge is 2.20. The third kappa shape index (κ3) is 2.72. The largest absolute Gasteiger partial charge is 0.465 e. The summed E-state index contributed by atoms with van der Waals surface area (Å²) in [7, 11) is 1.29. The summed E-state index contributed by atoms with van der Waals surface area (Å²) < 4.78 is 31.8. The molecule has 1 N–H and O–H groups in total. The number of anilines is 2. The maximum Gasteiger partial charge on any atom is 0.348 e. The molecular formula is C15H11F2N3O2S. The molecule has 2 aromatic heterocycles. The molecule has 0 aliphatic heterocycles. The Labute approximate surface area is 134 Å².